The maximum absolute atomic E-state index is 12.4. The molecule has 8 heteroatoms. The number of ether oxygens (including phenoxy) is 2. The number of hydrogen-bond donors (Lipinski definition) is 0. The third kappa shape index (κ3) is 4.76. The zero-order valence-corrected chi connectivity index (χ0v) is 16.0. The number of thioether (sulfide) groups is 1. The van der Waals surface area contributed by atoms with Gasteiger partial charge >= 0.3 is 0 Å². The second kappa shape index (κ2) is 8.55. The smallest absolute Gasteiger partial charge is 0.277 e. The number of nitrogens with zero attached hydrogens (tertiary/aromatic N) is 3. The molecule has 7 nitrogen and oxygen atoms in total. The molecule has 140 valence electrons. The monoisotopic (exact) mass is 377 g/mol. The lowest BCUT2D eigenvalue weighted by atomic mass is 10.2. The third-order valence-corrected chi connectivity index (χ3v) is 4.71. The highest BCUT2D eigenvalue weighted by Crippen LogP contribution is 2.25. The summed E-state index contributed by atoms with van der Waals surface area (Å²) in [5, 5.41) is 8.46. The molecule has 0 unspecified atom stereocenters. The van der Waals surface area contributed by atoms with Gasteiger partial charge in [-0.3, -0.25) is 4.79 Å². The third-order valence-electron chi connectivity index (χ3n) is 3.91. The number of amides is 1. The SMILES string of the molecule is CCOc1ccc(-c2nnc(SCC(=O)N3C[C@@H](C)O[C@@H](C)C3)o2)cc1. The standard InChI is InChI=1S/C18H23N3O4S/c1-4-23-15-7-5-14(6-8-15)17-19-20-18(25-17)26-11-16(22)21-9-12(2)24-13(3)10-21/h5-8,12-13H,4,9-11H2,1-3H3/t12-,13+. The molecule has 0 radical (unpaired) electrons. The van der Waals surface area contributed by atoms with Crippen molar-refractivity contribution in [2.24, 2.45) is 0 Å². The minimum absolute atomic E-state index is 0.0535. The quantitative estimate of drug-likeness (QED) is 0.716. The van der Waals surface area contributed by atoms with E-state index in [9.17, 15) is 4.79 Å². The molecule has 0 bridgehead atoms. The predicted molar refractivity (Wildman–Crippen MR) is 98.2 cm³/mol. The number of rotatable bonds is 6. The van der Waals surface area contributed by atoms with Gasteiger partial charge in [0.25, 0.3) is 5.22 Å². The summed E-state index contributed by atoms with van der Waals surface area (Å²) >= 11 is 1.25. The van der Waals surface area contributed by atoms with Crippen LogP contribution in [0, 0.1) is 0 Å². The molecule has 1 aliphatic heterocycles. The molecule has 1 fully saturated rings. The van der Waals surface area contributed by atoms with Gasteiger partial charge in [0.1, 0.15) is 5.75 Å². The van der Waals surface area contributed by atoms with Gasteiger partial charge in [-0.25, -0.2) is 0 Å². The first kappa shape index (κ1) is 18.7. The van der Waals surface area contributed by atoms with E-state index in [0.29, 0.717) is 30.8 Å². The maximum atomic E-state index is 12.4. The predicted octanol–water partition coefficient (Wildman–Crippen LogP) is 2.86. The fourth-order valence-corrected chi connectivity index (χ4v) is 3.51. The average Bonchev–Trinajstić information content (AvgIpc) is 3.09. The van der Waals surface area contributed by atoms with Crippen LogP contribution in [0.15, 0.2) is 33.9 Å². The molecule has 1 aromatic carbocycles. The van der Waals surface area contributed by atoms with Crippen molar-refractivity contribution >= 4 is 17.7 Å². The highest BCUT2D eigenvalue weighted by molar-refractivity contribution is 7.99. The van der Waals surface area contributed by atoms with E-state index in [0.717, 1.165) is 11.3 Å². The summed E-state index contributed by atoms with van der Waals surface area (Å²) in [7, 11) is 0. The van der Waals surface area contributed by atoms with E-state index < -0.39 is 0 Å². The van der Waals surface area contributed by atoms with Crippen LogP contribution in [0.4, 0.5) is 0 Å². The van der Waals surface area contributed by atoms with Crippen LogP contribution in [-0.2, 0) is 9.53 Å². The molecule has 0 aliphatic carbocycles. The fraction of sp³-hybridized carbons (Fsp3) is 0.500. The Balaban J connectivity index is 1.55. The van der Waals surface area contributed by atoms with Gasteiger partial charge in [-0.15, -0.1) is 10.2 Å². The molecular formula is C18H23N3O4S. The van der Waals surface area contributed by atoms with E-state index in [2.05, 4.69) is 10.2 Å². The summed E-state index contributed by atoms with van der Waals surface area (Å²) < 4.78 is 16.7. The Labute approximate surface area is 157 Å². The van der Waals surface area contributed by atoms with Crippen LogP contribution in [0.25, 0.3) is 11.5 Å². The van der Waals surface area contributed by atoms with Crippen molar-refractivity contribution in [3.05, 3.63) is 24.3 Å². The van der Waals surface area contributed by atoms with Gasteiger partial charge in [-0.05, 0) is 45.0 Å². The van der Waals surface area contributed by atoms with E-state index in [1.807, 2.05) is 49.9 Å². The number of benzene rings is 1. The Bertz CT molecular complexity index is 724. The van der Waals surface area contributed by atoms with Crippen molar-refractivity contribution in [3.8, 4) is 17.2 Å². The molecule has 0 saturated carbocycles. The van der Waals surface area contributed by atoms with Crippen molar-refractivity contribution in [1.29, 1.82) is 0 Å². The fourth-order valence-electron chi connectivity index (χ4n) is 2.84. The molecule has 1 amide bonds. The number of morpholine rings is 1. The van der Waals surface area contributed by atoms with Crippen LogP contribution in [0.3, 0.4) is 0 Å². The largest absolute Gasteiger partial charge is 0.494 e. The molecule has 26 heavy (non-hydrogen) atoms. The lowest BCUT2D eigenvalue weighted by molar-refractivity contribution is -0.140. The van der Waals surface area contributed by atoms with Crippen molar-refractivity contribution in [2.45, 2.75) is 38.2 Å². The summed E-state index contributed by atoms with van der Waals surface area (Å²) in [6.07, 6.45) is 0.115. The molecule has 0 spiro atoms. The molecule has 2 aromatic rings. The second-order valence-corrected chi connectivity index (χ2v) is 7.10. The van der Waals surface area contributed by atoms with Crippen molar-refractivity contribution in [2.75, 3.05) is 25.4 Å². The van der Waals surface area contributed by atoms with Gasteiger partial charge in [0.05, 0.1) is 24.6 Å². The highest BCUT2D eigenvalue weighted by Gasteiger charge is 2.26. The average molecular weight is 377 g/mol. The van der Waals surface area contributed by atoms with Gasteiger partial charge in [-0.2, -0.15) is 0 Å². The van der Waals surface area contributed by atoms with Gasteiger partial charge < -0.3 is 18.8 Å². The van der Waals surface area contributed by atoms with Gasteiger partial charge in [0.15, 0.2) is 0 Å². The molecule has 3 rings (SSSR count). The first-order valence-corrected chi connectivity index (χ1v) is 9.66. The van der Waals surface area contributed by atoms with Crippen LogP contribution in [-0.4, -0.2) is 58.7 Å². The summed E-state index contributed by atoms with van der Waals surface area (Å²) in [6.45, 7) is 7.74. The number of hydrogen-bond acceptors (Lipinski definition) is 7. The first-order valence-electron chi connectivity index (χ1n) is 8.68. The summed E-state index contributed by atoms with van der Waals surface area (Å²) in [6, 6.07) is 7.46. The zero-order valence-electron chi connectivity index (χ0n) is 15.2. The van der Waals surface area contributed by atoms with E-state index in [4.69, 9.17) is 13.9 Å². The van der Waals surface area contributed by atoms with E-state index >= 15 is 0 Å². The molecule has 1 aromatic heterocycles. The maximum Gasteiger partial charge on any atom is 0.277 e. The summed E-state index contributed by atoms with van der Waals surface area (Å²) in [5.74, 6) is 1.55. The van der Waals surface area contributed by atoms with Crippen LogP contribution >= 0.6 is 11.8 Å². The Morgan fingerprint density at radius 1 is 1.23 bits per heavy atom. The summed E-state index contributed by atoms with van der Waals surface area (Å²) in [5.41, 5.74) is 0.815. The summed E-state index contributed by atoms with van der Waals surface area (Å²) in [4.78, 5) is 14.2. The normalized spacial score (nSPS) is 20.2. The Hall–Kier alpha value is -2.06. The molecule has 1 saturated heterocycles. The first-order chi connectivity index (χ1) is 12.5. The minimum Gasteiger partial charge on any atom is -0.494 e. The Morgan fingerprint density at radius 2 is 1.92 bits per heavy atom. The van der Waals surface area contributed by atoms with Crippen molar-refractivity contribution < 1.29 is 18.7 Å². The van der Waals surface area contributed by atoms with E-state index in [1.54, 1.807) is 0 Å². The van der Waals surface area contributed by atoms with Crippen molar-refractivity contribution in [3.63, 3.8) is 0 Å². The lowest BCUT2D eigenvalue weighted by Gasteiger charge is -2.35. The number of aromatic nitrogens is 2. The molecule has 1 aliphatic rings. The van der Waals surface area contributed by atoms with E-state index in [1.165, 1.54) is 11.8 Å². The molecule has 2 heterocycles. The van der Waals surface area contributed by atoms with Crippen LogP contribution in [0.2, 0.25) is 0 Å². The molecule has 0 N–H and O–H groups in total. The van der Waals surface area contributed by atoms with Crippen molar-refractivity contribution in [1.82, 2.24) is 15.1 Å². The molecular weight excluding hydrogens is 354 g/mol. The van der Waals surface area contributed by atoms with Gasteiger partial charge in [0.2, 0.25) is 11.8 Å². The van der Waals surface area contributed by atoms with Gasteiger partial charge in [-0.1, -0.05) is 11.8 Å². The molecule has 2 atom stereocenters. The van der Waals surface area contributed by atoms with E-state index in [-0.39, 0.29) is 23.9 Å². The highest BCUT2D eigenvalue weighted by atomic mass is 32.2. The van der Waals surface area contributed by atoms with Crippen LogP contribution in [0.1, 0.15) is 20.8 Å². The number of carbonyl (C=O) groups is 1. The lowest BCUT2D eigenvalue weighted by Crippen LogP contribution is -2.48. The minimum atomic E-state index is 0.0535. The Kier molecular flexibility index (Phi) is 6.16. The Morgan fingerprint density at radius 3 is 2.58 bits per heavy atom. The van der Waals surface area contributed by atoms with Crippen LogP contribution in [0.5, 0.6) is 5.75 Å². The van der Waals surface area contributed by atoms with Crippen LogP contribution < -0.4 is 4.74 Å². The topological polar surface area (TPSA) is 77.7 Å². The number of carbonyl (C=O) groups excluding carboxylic acids is 1. The zero-order chi connectivity index (χ0) is 18.5. The second-order valence-electron chi connectivity index (χ2n) is 6.18. The van der Waals surface area contributed by atoms with Gasteiger partial charge in [0, 0.05) is 18.7 Å².